The van der Waals surface area contributed by atoms with Gasteiger partial charge in [-0.05, 0) is 30.3 Å². The molecule has 1 aliphatic heterocycles. The first kappa shape index (κ1) is 22.7. The van der Waals surface area contributed by atoms with Crippen molar-refractivity contribution >= 4 is 29.1 Å². The second-order valence-corrected chi connectivity index (χ2v) is 8.06. The molecule has 5 nitrogen and oxygen atoms in total. The molecular weight excluding hydrogens is 430 g/mol. The van der Waals surface area contributed by atoms with Crippen LogP contribution in [-0.4, -0.2) is 56.4 Å². The molecule has 1 saturated heterocycles. The zero-order valence-corrected chi connectivity index (χ0v) is 18.3. The summed E-state index contributed by atoms with van der Waals surface area (Å²) in [4.78, 5) is 14.3. The summed E-state index contributed by atoms with van der Waals surface area (Å²) in [5.74, 6) is 1.16. The van der Waals surface area contributed by atoms with E-state index in [9.17, 15) is 4.79 Å². The van der Waals surface area contributed by atoms with Crippen LogP contribution in [0.5, 0.6) is 11.5 Å². The van der Waals surface area contributed by atoms with Gasteiger partial charge in [-0.25, -0.2) is 4.39 Å². The summed E-state index contributed by atoms with van der Waals surface area (Å²) in [6.07, 6.45) is 0.556. The molecule has 0 aromatic heterocycles. The molecule has 1 aliphatic rings. The van der Waals surface area contributed by atoms with Gasteiger partial charge in [0.2, 0.25) is 0 Å². The highest BCUT2D eigenvalue weighted by molar-refractivity contribution is 6.42. The van der Waals surface area contributed by atoms with Crippen molar-refractivity contribution in [3.63, 3.8) is 0 Å². The van der Waals surface area contributed by atoms with Gasteiger partial charge in [-0.1, -0.05) is 35.3 Å². The SMILES string of the molecule is COc1ccccc1OCCNCC1(F)CCN(C(=O)c2ccc(Cl)c(Cl)c2)CC1. The highest BCUT2D eigenvalue weighted by atomic mass is 35.5. The third kappa shape index (κ3) is 5.78. The summed E-state index contributed by atoms with van der Waals surface area (Å²) in [7, 11) is 1.59. The lowest BCUT2D eigenvalue weighted by Crippen LogP contribution is -2.49. The normalized spacial score (nSPS) is 15.7. The van der Waals surface area contributed by atoms with Gasteiger partial charge in [0.15, 0.2) is 11.5 Å². The molecule has 2 aromatic carbocycles. The van der Waals surface area contributed by atoms with E-state index in [0.29, 0.717) is 53.3 Å². The molecule has 0 atom stereocenters. The van der Waals surface area contributed by atoms with E-state index in [0.717, 1.165) is 0 Å². The highest BCUT2D eigenvalue weighted by Gasteiger charge is 2.35. The lowest BCUT2D eigenvalue weighted by atomic mass is 9.93. The van der Waals surface area contributed by atoms with Gasteiger partial charge in [-0.2, -0.15) is 0 Å². The average Bonchev–Trinajstić information content (AvgIpc) is 2.76. The Bertz CT molecular complexity index is 873. The van der Waals surface area contributed by atoms with Crippen molar-refractivity contribution in [1.29, 1.82) is 0 Å². The van der Waals surface area contributed by atoms with Crippen LogP contribution >= 0.6 is 23.2 Å². The molecule has 1 amide bonds. The smallest absolute Gasteiger partial charge is 0.253 e. The Labute approximate surface area is 186 Å². The first-order chi connectivity index (χ1) is 14.4. The summed E-state index contributed by atoms with van der Waals surface area (Å²) in [5, 5.41) is 3.85. The fourth-order valence-electron chi connectivity index (χ4n) is 3.38. The van der Waals surface area contributed by atoms with Gasteiger partial charge < -0.3 is 19.7 Å². The summed E-state index contributed by atoms with van der Waals surface area (Å²) in [5.41, 5.74) is -0.888. The number of alkyl halides is 1. The number of nitrogens with zero attached hydrogens (tertiary/aromatic N) is 1. The Morgan fingerprint density at radius 2 is 1.83 bits per heavy atom. The molecule has 0 radical (unpaired) electrons. The van der Waals surface area contributed by atoms with Crippen molar-refractivity contribution in [3.05, 3.63) is 58.1 Å². The molecule has 0 bridgehead atoms. The van der Waals surface area contributed by atoms with Crippen LogP contribution in [-0.2, 0) is 0 Å². The fraction of sp³-hybridized carbons (Fsp3) is 0.409. The zero-order valence-electron chi connectivity index (χ0n) is 16.8. The standard InChI is InChI=1S/C22H25Cl2FN2O3/c1-29-19-4-2-3-5-20(19)30-13-10-26-15-22(25)8-11-27(12-9-22)21(28)16-6-7-17(23)18(24)14-16/h2-7,14,26H,8-13,15H2,1H3. The maximum Gasteiger partial charge on any atom is 0.253 e. The number of hydrogen-bond donors (Lipinski definition) is 1. The van der Waals surface area contributed by atoms with E-state index in [-0.39, 0.29) is 25.3 Å². The topological polar surface area (TPSA) is 50.8 Å². The Morgan fingerprint density at radius 3 is 2.50 bits per heavy atom. The summed E-state index contributed by atoms with van der Waals surface area (Å²) in [6.45, 7) is 1.84. The van der Waals surface area contributed by atoms with Crippen LogP contribution in [0.4, 0.5) is 4.39 Å². The van der Waals surface area contributed by atoms with Crippen molar-refractivity contribution in [2.24, 2.45) is 0 Å². The Morgan fingerprint density at radius 1 is 1.13 bits per heavy atom. The van der Waals surface area contributed by atoms with Gasteiger partial charge in [0.25, 0.3) is 5.91 Å². The molecule has 162 valence electrons. The minimum atomic E-state index is -1.35. The number of benzene rings is 2. The maximum atomic E-state index is 15.1. The van der Waals surface area contributed by atoms with E-state index >= 15 is 4.39 Å². The molecular formula is C22H25Cl2FN2O3. The number of carbonyl (C=O) groups excluding carboxylic acids is 1. The molecule has 0 saturated carbocycles. The number of amides is 1. The molecule has 0 spiro atoms. The number of methoxy groups -OCH3 is 1. The quantitative estimate of drug-likeness (QED) is 0.591. The summed E-state index contributed by atoms with van der Waals surface area (Å²) < 4.78 is 26.0. The third-order valence-corrected chi connectivity index (χ3v) is 5.90. The molecule has 1 N–H and O–H groups in total. The van der Waals surface area contributed by atoms with Crippen molar-refractivity contribution < 1.29 is 18.7 Å². The minimum Gasteiger partial charge on any atom is -0.493 e. The average molecular weight is 455 g/mol. The third-order valence-electron chi connectivity index (χ3n) is 5.16. The maximum absolute atomic E-state index is 15.1. The van der Waals surface area contributed by atoms with E-state index < -0.39 is 5.67 Å². The van der Waals surface area contributed by atoms with Crippen molar-refractivity contribution in [2.45, 2.75) is 18.5 Å². The van der Waals surface area contributed by atoms with Crippen LogP contribution < -0.4 is 14.8 Å². The largest absolute Gasteiger partial charge is 0.493 e. The molecule has 0 aliphatic carbocycles. The van der Waals surface area contributed by atoms with E-state index in [4.69, 9.17) is 32.7 Å². The van der Waals surface area contributed by atoms with Crippen LogP contribution in [0.25, 0.3) is 0 Å². The van der Waals surface area contributed by atoms with Gasteiger partial charge >= 0.3 is 0 Å². The first-order valence-electron chi connectivity index (χ1n) is 9.82. The first-order valence-corrected chi connectivity index (χ1v) is 10.6. The second-order valence-electron chi connectivity index (χ2n) is 7.25. The van der Waals surface area contributed by atoms with Crippen molar-refractivity contribution in [2.75, 3.05) is 39.9 Å². The molecule has 1 fully saturated rings. The number of carbonyl (C=O) groups is 1. The van der Waals surface area contributed by atoms with Gasteiger partial charge in [0, 0.05) is 44.6 Å². The molecule has 0 unspecified atom stereocenters. The number of halogens is 3. The van der Waals surface area contributed by atoms with Crippen LogP contribution in [0.15, 0.2) is 42.5 Å². The number of likely N-dealkylation sites (tertiary alicyclic amines) is 1. The summed E-state index contributed by atoms with van der Waals surface area (Å²) >= 11 is 11.9. The van der Waals surface area contributed by atoms with Crippen LogP contribution in [0.1, 0.15) is 23.2 Å². The Kier molecular flexibility index (Phi) is 7.81. The Hall–Kier alpha value is -2.02. The molecule has 8 heteroatoms. The van der Waals surface area contributed by atoms with Crippen molar-refractivity contribution in [1.82, 2.24) is 10.2 Å². The van der Waals surface area contributed by atoms with E-state index in [1.165, 1.54) is 0 Å². The lowest BCUT2D eigenvalue weighted by molar-refractivity contribution is 0.0433. The van der Waals surface area contributed by atoms with Crippen LogP contribution in [0, 0.1) is 0 Å². The lowest BCUT2D eigenvalue weighted by Gasteiger charge is -2.36. The number of nitrogens with one attached hydrogen (secondary N) is 1. The predicted octanol–water partition coefficient (Wildman–Crippen LogP) is 4.61. The summed E-state index contributed by atoms with van der Waals surface area (Å²) in [6, 6.07) is 12.2. The van der Waals surface area contributed by atoms with E-state index in [1.807, 2.05) is 24.3 Å². The minimum absolute atomic E-state index is 0.159. The second kappa shape index (κ2) is 10.3. The van der Waals surface area contributed by atoms with Gasteiger partial charge in [-0.3, -0.25) is 4.79 Å². The predicted molar refractivity (Wildman–Crippen MR) is 117 cm³/mol. The van der Waals surface area contributed by atoms with E-state index in [2.05, 4.69) is 5.32 Å². The Balaban J connectivity index is 1.41. The van der Waals surface area contributed by atoms with E-state index in [1.54, 1.807) is 30.2 Å². The van der Waals surface area contributed by atoms with Gasteiger partial charge in [0.05, 0.1) is 17.2 Å². The molecule has 1 heterocycles. The number of para-hydroxylation sites is 2. The number of piperidine rings is 1. The fourth-order valence-corrected chi connectivity index (χ4v) is 3.68. The highest BCUT2D eigenvalue weighted by Crippen LogP contribution is 2.29. The van der Waals surface area contributed by atoms with Crippen molar-refractivity contribution in [3.8, 4) is 11.5 Å². The number of rotatable bonds is 8. The zero-order chi connectivity index (χ0) is 21.6. The number of hydrogen-bond acceptors (Lipinski definition) is 4. The van der Waals surface area contributed by atoms with Crippen LogP contribution in [0.3, 0.4) is 0 Å². The molecule has 30 heavy (non-hydrogen) atoms. The van der Waals surface area contributed by atoms with Gasteiger partial charge in [-0.15, -0.1) is 0 Å². The van der Waals surface area contributed by atoms with Gasteiger partial charge in [0.1, 0.15) is 12.3 Å². The molecule has 2 aromatic rings. The number of ether oxygens (including phenoxy) is 2. The molecule has 3 rings (SSSR count). The van der Waals surface area contributed by atoms with Crippen LogP contribution in [0.2, 0.25) is 10.0 Å². The monoisotopic (exact) mass is 454 g/mol.